The fourth-order valence-electron chi connectivity index (χ4n) is 1.89. The van der Waals surface area contributed by atoms with Crippen molar-refractivity contribution >= 4 is 10.8 Å². The van der Waals surface area contributed by atoms with Gasteiger partial charge in [-0.15, -0.1) is 0 Å². The smallest absolute Gasteiger partial charge is 0.0496 e. The van der Waals surface area contributed by atoms with E-state index in [0.29, 0.717) is 0 Å². The highest BCUT2D eigenvalue weighted by Crippen LogP contribution is 2.19. The summed E-state index contributed by atoms with van der Waals surface area (Å²) < 4.78 is 11.3. The van der Waals surface area contributed by atoms with Gasteiger partial charge in [-0.2, -0.15) is 0 Å². The SMILES string of the molecule is CS(=O)C1CCCCCCC1N. The first kappa shape index (κ1) is 10.2. The molecule has 3 atom stereocenters. The number of rotatable bonds is 1. The number of hydrogen-bond acceptors (Lipinski definition) is 2. The van der Waals surface area contributed by atoms with Crippen LogP contribution in [0.15, 0.2) is 0 Å². The van der Waals surface area contributed by atoms with E-state index in [4.69, 9.17) is 5.73 Å². The zero-order valence-electron chi connectivity index (χ0n) is 7.79. The van der Waals surface area contributed by atoms with Crippen molar-refractivity contribution in [2.75, 3.05) is 6.26 Å². The van der Waals surface area contributed by atoms with Gasteiger partial charge in [0.2, 0.25) is 0 Å². The van der Waals surface area contributed by atoms with E-state index >= 15 is 0 Å². The van der Waals surface area contributed by atoms with Crippen LogP contribution in [0.3, 0.4) is 0 Å². The third kappa shape index (κ3) is 2.87. The van der Waals surface area contributed by atoms with Gasteiger partial charge in [0.15, 0.2) is 0 Å². The molecule has 0 amide bonds. The molecule has 0 radical (unpaired) electrons. The van der Waals surface area contributed by atoms with Gasteiger partial charge in [0.1, 0.15) is 0 Å². The molecular weight excluding hydrogens is 170 g/mol. The fraction of sp³-hybridized carbons (Fsp3) is 1.00. The van der Waals surface area contributed by atoms with E-state index in [9.17, 15) is 4.21 Å². The maximum absolute atomic E-state index is 11.3. The van der Waals surface area contributed by atoms with Crippen molar-refractivity contribution in [3.8, 4) is 0 Å². The van der Waals surface area contributed by atoms with E-state index in [0.717, 1.165) is 12.8 Å². The molecule has 1 aliphatic rings. The van der Waals surface area contributed by atoms with Crippen LogP contribution >= 0.6 is 0 Å². The molecule has 0 saturated heterocycles. The fourth-order valence-corrected chi connectivity index (χ4v) is 3.02. The number of nitrogens with two attached hydrogens (primary N) is 1. The Kier molecular flexibility index (Phi) is 4.22. The second-order valence-electron chi connectivity index (χ2n) is 3.69. The molecule has 0 aliphatic heterocycles. The summed E-state index contributed by atoms with van der Waals surface area (Å²) in [7, 11) is -0.726. The summed E-state index contributed by atoms with van der Waals surface area (Å²) in [6, 6.07) is 0.177. The van der Waals surface area contributed by atoms with E-state index in [1.807, 2.05) is 0 Å². The third-order valence-electron chi connectivity index (χ3n) is 2.68. The van der Waals surface area contributed by atoms with E-state index in [1.54, 1.807) is 6.26 Å². The number of hydrogen-bond donors (Lipinski definition) is 1. The molecule has 1 saturated carbocycles. The molecule has 0 aromatic rings. The molecule has 3 heteroatoms. The lowest BCUT2D eigenvalue weighted by molar-refractivity contribution is 0.457. The van der Waals surface area contributed by atoms with Crippen molar-refractivity contribution < 1.29 is 4.21 Å². The van der Waals surface area contributed by atoms with E-state index in [1.165, 1.54) is 25.7 Å². The first-order valence-corrected chi connectivity index (χ1v) is 6.42. The van der Waals surface area contributed by atoms with Crippen molar-refractivity contribution in [2.24, 2.45) is 5.73 Å². The van der Waals surface area contributed by atoms with Crippen LogP contribution in [0, 0.1) is 0 Å². The Morgan fingerprint density at radius 2 is 1.75 bits per heavy atom. The molecule has 12 heavy (non-hydrogen) atoms. The topological polar surface area (TPSA) is 43.1 Å². The lowest BCUT2D eigenvalue weighted by Crippen LogP contribution is -2.38. The van der Waals surface area contributed by atoms with Gasteiger partial charge in [-0.3, -0.25) is 4.21 Å². The molecule has 1 rings (SSSR count). The zero-order valence-corrected chi connectivity index (χ0v) is 8.61. The normalized spacial score (nSPS) is 35.2. The lowest BCUT2D eigenvalue weighted by Gasteiger charge is -2.24. The predicted molar refractivity (Wildman–Crippen MR) is 53.5 cm³/mol. The minimum absolute atomic E-state index is 0.177. The minimum Gasteiger partial charge on any atom is -0.327 e. The van der Waals surface area contributed by atoms with Crippen LogP contribution in [-0.4, -0.2) is 21.8 Å². The van der Waals surface area contributed by atoms with Crippen LogP contribution in [0.1, 0.15) is 38.5 Å². The summed E-state index contributed by atoms with van der Waals surface area (Å²) in [5.41, 5.74) is 5.96. The van der Waals surface area contributed by atoms with E-state index < -0.39 is 10.8 Å². The van der Waals surface area contributed by atoms with Crippen LogP contribution < -0.4 is 5.73 Å². The second-order valence-corrected chi connectivity index (χ2v) is 5.30. The van der Waals surface area contributed by atoms with Crippen molar-refractivity contribution in [1.29, 1.82) is 0 Å². The van der Waals surface area contributed by atoms with Crippen molar-refractivity contribution in [3.63, 3.8) is 0 Å². The van der Waals surface area contributed by atoms with Crippen LogP contribution in [0.5, 0.6) is 0 Å². The maximum atomic E-state index is 11.3. The summed E-state index contributed by atoms with van der Waals surface area (Å²) >= 11 is 0. The predicted octanol–water partition coefficient (Wildman–Crippen LogP) is 1.42. The third-order valence-corrected chi connectivity index (χ3v) is 4.12. The van der Waals surface area contributed by atoms with Crippen molar-refractivity contribution in [2.45, 2.75) is 49.8 Å². The summed E-state index contributed by atoms with van der Waals surface area (Å²) in [5, 5.41) is 0.255. The van der Waals surface area contributed by atoms with Gasteiger partial charge < -0.3 is 5.73 Å². The Bertz CT molecular complexity index is 161. The van der Waals surface area contributed by atoms with Crippen LogP contribution in [0.25, 0.3) is 0 Å². The first-order chi connectivity index (χ1) is 5.72. The molecule has 1 aliphatic carbocycles. The summed E-state index contributed by atoms with van der Waals surface area (Å²) in [4.78, 5) is 0. The molecule has 0 bridgehead atoms. The summed E-state index contributed by atoms with van der Waals surface area (Å²) in [5.74, 6) is 0. The highest BCUT2D eigenvalue weighted by Gasteiger charge is 2.21. The molecular formula is C9H19NOS. The van der Waals surface area contributed by atoms with Gasteiger partial charge in [0.25, 0.3) is 0 Å². The Morgan fingerprint density at radius 1 is 1.17 bits per heavy atom. The van der Waals surface area contributed by atoms with Gasteiger partial charge in [0, 0.05) is 28.3 Å². The summed E-state index contributed by atoms with van der Waals surface area (Å²) in [6.45, 7) is 0. The second kappa shape index (κ2) is 4.97. The lowest BCUT2D eigenvalue weighted by atomic mass is 9.97. The van der Waals surface area contributed by atoms with Crippen LogP contribution in [0.2, 0.25) is 0 Å². The molecule has 1 fully saturated rings. The molecule has 3 unspecified atom stereocenters. The van der Waals surface area contributed by atoms with Gasteiger partial charge >= 0.3 is 0 Å². The molecule has 0 heterocycles. The van der Waals surface area contributed by atoms with Gasteiger partial charge in [-0.1, -0.05) is 25.7 Å². The summed E-state index contributed by atoms with van der Waals surface area (Å²) in [6.07, 6.45) is 8.92. The highest BCUT2D eigenvalue weighted by molar-refractivity contribution is 7.84. The minimum atomic E-state index is -0.726. The van der Waals surface area contributed by atoms with E-state index in [-0.39, 0.29) is 11.3 Å². The van der Waals surface area contributed by atoms with Gasteiger partial charge in [-0.05, 0) is 12.8 Å². The molecule has 0 aromatic carbocycles. The Labute approximate surface area is 77.4 Å². The monoisotopic (exact) mass is 189 g/mol. The van der Waals surface area contributed by atoms with E-state index in [2.05, 4.69) is 0 Å². The molecule has 0 aromatic heterocycles. The molecule has 72 valence electrons. The molecule has 2 N–H and O–H groups in total. The average Bonchev–Trinajstić information content (AvgIpc) is 1.96. The quantitative estimate of drug-likeness (QED) is 0.678. The largest absolute Gasteiger partial charge is 0.327 e. The Hall–Kier alpha value is 0.110. The molecule has 2 nitrogen and oxygen atoms in total. The van der Waals surface area contributed by atoms with Crippen LogP contribution in [-0.2, 0) is 10.8 Å². The van der Waals surface area contributed by atoms with Gasteiger partial charge in [0.05, 0.1) is 0 Å². The highest BCUT2D eigenvalue weighted by atomic mass is 32.2. The first-order valence-electron chi connectivity index (χ1n) is 4.79. The Morgan fingerprint density at radius 3 is 2.33 bits per heavy atom. The van der Waals surface area contributed by atoms with Crippen LogP contribution in [0.4, 0.5) is 0 Å². The zero-order chi connectivity index (χ0) is 8.97. The van der Waals surface area contributed by atoms with Crippen molar-refractivity contribution in [3.05, 3.63) is 0 Å². The molecule has 0 spiro atoms. The maximum Gasteiger partial charge on any atom is 0.0496 e. The van der Waals surface area contributed by atoms with Gasteiger partial charge in [-0.25, -0.2) is 0 Å². The average molecular weight is 189 g/mol. The Balaban J connectivity index is 2.48. The standard InChI is InChI=1S/C9H19NOS/c1-12(11)9-7-5-3-2-4-6-8(9)10/h8-9H,2-7,10H2,1H3. The van der Waals surface area contributed by atoms with Crippen molar-refractivity contribution in [1.82, 2.24) is 0 Å².